The number of benzene rings is 1. The molecule has 1 aromatic carbocycles. The van der Waals surface area contributed by atoms with Gasteiger partial charge < -0.3 is 20.4 Å². The van der Waals surface area contributed by atoms with Crippen molar-refractivity contribution in [3.63, 3.8) is 0 Å². The van der Waals surface area contributed by atoms with E-state index in [1.165, 1.54) is 12.1 Å². The van der Waals surface area contributed by atoms with E-state index in [1.54, 1.807) is 13.8 Å². The van der Waals surface area contributed by atoms with Crippen molar-refractivity contribution in [2.24, 2.45) is 0 Å². The molecule has 214 valence electrons. The van der Waals surface area contributed by atoms with Crippen LogP contribution in [0.15, 0.2) is 12.1 Å². The van der Waals surface area contributed by atoms with Crippen molar-refractivity contribution >= 4 is 11.9 Å². The number of likely N-dealkylation sites (tertiary alicyclic amines) is 2. The number of aliphatic hydroxyl groups excluding tert-OH is 2. The van der Waals surface area contributed by atoms with Gasteiger partial charge in [-0.15, -0.1) is 0 Å². The highest BCUT2D eigenvalue weighted by atomic mass is 16.4. The summed E-state index contributed by atoms with van der Waals surface area (Å²) in [5.74, 6) is -2.55. The molecule has 2 atom stereocenters. The van der Waals surface area contributed by atoms with Crippen molar-refractivity contribution in [3.05, 3.63) is 34.4 Å². The normalized spacial score (nSPS) is 25.6. The molecule has 2 saturated heterocycles. The molecule has 8 nitrogen and oxygen atoms in total. The smallest absolute Gasteiger partial charge is 0.335 e. The second kappa shape index (κ2) is 9.88. The second-order valence-corrected chi connectivity index (χ2v) is 14.1. The first kappa shape index (κ1) is 30.5. The quantitative estimate of drug-likeness (QED) is 0.393. The highest BCUT2D eigenvalue weighted by molar-refractivity contribution is 5.95. The molecule has 1 aromatic rings. The Morgan fingerprint density at radius 1 is 0.658 bits per heavy atom. The summed E-state index contributed by atoms with van der Waals surface area (Å²) >= 11 is 0. The van der Waals surface area contributed by atoms with E-state index < -0.39 is 46.6 Å². The van der Waals surface area contributed by atoms with Gasteiger partial charge in [-0.25, -0.2) is 9.59 Å². The lowest BCUT2D eigenvalue weighted by Gasteiger charge is -2.58. The summed E-state index contributed by atoms with van der Waals surface area (Å²) in [5.41, 5.74) is -0.289. The number of rotatable bonds is 6. The Morgan fingerprint density at radius 3 is 1.08 bits per heavy atom. The van der Waals surface area contributed by atoms with Gasteiger partial charge in [0.2, 0.25) is 0 Å². The molecule has 0 radical (unpaired) electrons. The summed E-state index contributed by atoms with van der Waals surface area (Å²) in [6.07, 6.45) is 0.953. The number of carboxylic acids is 2. The maximum Gasteiger partial charge on any atom is 0.335 e. The van der Waals surface area contributed by atoms with Gasteiger partial charge in [-0.1, -0.05) is 0 Å². The summed E-state index contributed by atoms with van der Waals surface area (Å²) in [6, 6.07) is 2.90. The zero-order valence-corrected chi connectivity index (χ0v) is 24.8. The second-order valence-electron chi connectivity index (χ2n) is 14.1. The van der Waals surface area contributed by atoms with Gasteiger partial charge in [-0.2, -0.15) is 0 Å². The minimum absolute atomic E-state index is 0.153. The fourth-order valence-corrected chi connectivity index (χ4v) is 8.91. The first-order valence-corrected chi connectivity index (χ1v) is 13.7. The number of nitrogens with zero attached hydrogens (tertiary/aromatic N) is 2. The minimum Gasteiger partial charge on any atom is -0.478 e. The van der Waals surface area contributed by atoms with Crippen LogP contribution in [0.1, 0.15) is 139 Å². The van der Waals surface area contributed by atoms with E-state index in [9.17, 15) is 30.0 Å². The van der Waals surface area contributed by atoms with Crippen LogP contribution in [0.2, 0.25) is 0 Å². The van der Waals surface area contributed by atoms with Crippen LogP contribution in [0.3, 0.4) is 0 Å². The number of aromatic carboxylic acids is 2. The average molecular weight is 533 g/mol. The molecule has 0 amide bonds. The predicted octanol–water partition coefficient (Wildman–Crippen LogP) is 5.23. The van der Waals surface area contributed by atoms with Crippen molar-refractivity contribution in [1.29, 1.82) is 0 Å². The zero-order chi connectivity index (χ0) is 29.2. The standard InChI is InChI=1S/C30H48N2O6/c1-17(33)31-27(3,4)13-19(14-28(31,5)6)23-21(25(35)36)11-12-22(26(37)38)24(23)20-15-29(7,8)32(18(2)34)30(9,10)16-20/h11-12,17-20,33-34H,13-16H2,1-10H3,(H,35,36)(H,37,38). The van der Waals surface area contributed by atoms with Gasteiger partial charge in [-0.3, -0.25) is 9.80 Å². The van der Waals surface area contributed by atoms with Crippen LogP contribution >= 0.6 is 0 Å². The van der Waals surface area contributed by atoms with Crippen molar-refractivity contribution < 1.29 is 30.0 Å². The highest BCUT2D eigenvalue weighted by Crippen LogP contribution is 2.53. The van der Waals surface area contributed by atoms with E-state index in [1.807, 2.05) is 0 Å². The van der Waals surface area contributed by atoms with Crippen LogP contribution in [0.25, 0.3) is 0 Å². The molecular weight excluding hydrogens is 484 g/mol. The Kier molecular flexibility index (Phi) is 7.94. The van der Waals surface area contributed by atoms with E-state index in [4.69, 9.17) is 0 Å². The third-order valence-corrected chi connectivity index (χ3v) is 8.90. The van der Waals surface area contributed by atoms with Crippen molar-refractivity contribution in [3.8, 4) is 0 Å². The van der Waals surface area contributed by atoms with Gasteiger partial charge in [0.05, 0.1) is 11.1 Å². The molecule has 0 spiro atoms. The van der Waals surface area contributed by atoms with Gasteiger partial charge in [0.25, 0.3) is 0 Å². The number of carboxylic acid groups (broad SMARTS) is 2. The minimum atomic E-state index is -1.06. The number of hydrogen-bond donors (Lipinski definition) is 4. The highest BCUT2D eigenvalue weighted by Gasteiger charge is 2.51. The van der Waals surface area contributed by atoms with Gasteiger partial charge in [0, 0.05) is 22.2 Å². The molecule has 3 rings (SSSR count). The molecule has 2 unspecified atom stereocenters. The summed E-state index contributed by atoms with van der Waals surface area (Å²) in [7, 11) is 0. The third kappa shape index (κ3) is 5.37. The largest absolute Gasteiger partial charge is 0.478 e. The van der Waals surface area contributed by atoms with Crippen LogP contribution in [0.5, 0.6) is 0 Å². The van der Waals surface area contributed by atoms with E-state index in [2.05, 4.69) is 65.2 Å². The van der Waals surface area contributed by atoms with Gasteiger partial charge in [0.15, 0.2) is 0 Å². The topological polar surface area (TPSA) is 122 Å². The number of hydrogen-bond acceptors (Lipinski definition) is 6. The van der Waals surface area contributed by atoms with Crippen molar-refractivity contribution in [2.45, 2.75) is 141 Å². The Balaban J connectivity index is 2.30. The Bertz CT molecular complexity index is 967. The Morgan fingerprint density at radius 2 is 0.895 bits per heavy atom. The molecule has 2 aliphatic heterocycles. The molecule has 38 heavy (non-hydrogen) atoms. The maximum absolute atomic E-state index is 12.6. The Hall–Kier alpha value is -2.00. The van der Waals surface area contributed by atoms with Crippen LogP contribution in [-0.2, 0) is 0 Å². The number of aliphatic hydroxyl groups is 2. The van der Waals surface area contributed by atoms with Crippen LogP contribution < -0.4 is 0 Å². The third-order valence-electron chi connectivity index (χ3n) is 8.90. The molecule has 0 aliphatic carbocycles. The van der Waals surface area contributed by atoms with Crippen molar-refractivity contribution in [1.82, 2.24) is 9.80 Å². The molecule has 2 fully saturated rings. The summed E-state index contributed by atoms with van der Waals surface area (Å²) < 4.78 is 0. The van der Waals surface area contributed by atoms with Gasteiger partial charge in [-0.05, 0) is 130 Å². The molecule has 4 N–H and O–H groups in total. The average Bonchev–Trinajstić information content (AvgIpc) is 2.67. The van der Waals surface area contributed by atoms with Crippen molar-refractivity contribution in [2.75, 3.05) is 0 Å². The lowest BCUT2D eigenvalue weighted by molar-refractivity contribution is -0.137. The molecule has 2 aliphatic rings. The number of carbonyl (C=O) groups is 2. The lowest BCUT2D eigenvalue weighted by Crippen LogP contribution is -2.64. The zero-order valence-electron chi connectivity index (χ0n) is 24.8. The molecular formula is C30H48N2O6. The van der Waals surface area contributed by atoms with E-state index in [-0.39, 0.29) is 23.0 Å². The van der Waals surface area contributed by atoms with Crippen LogP contribution in [0, 0.1) is 0 Å². The van der Waals surface area contributed by atoms with E-state index in [0.717, 1.165) is 0 Å². The van der Waals surface area contributed by atoms with E-state index >= 15 is 0 Å². The fraction of sp³-hybridized carbons (Fsp3) is 0.733. The van der Waals surface area contributed by atoms with Gasteiger partial charge in [0.1, 0.15) is 12.5 Å². The molecule has 0 saturated carbocycles. The Labute approximate surface area is 227 Å². The SMILES string of the molecule is CC(O)N1C(C)(C)CC(c2c(C(=O)O)ccc(C(=O)O)c2C2CC(C)(C)N(C(C)O)C(C)(C)C2)CC1(C)C. The molecule has 0 bridgehead atoms. The monoisotopic (exact) mass is 532 g/mol. The predicted molar refractivity (Wildman–Crippen MR) is 148 cm³/mol. The summed E-state index contributed by atoms with van der Waals surface area (Å²) in [5, 5.41) is 41.9. The van der Waals surface area contributed by atoms with Gasteiger partial charge >= 0.3 is 11.9 Å². The molecule has 8 heteroatoms. The van der Waals surface area contributed by atoms with Crippen LogP contribution in [-0.4, -0.2) is 76.8 Å². The molecule has 2 heterocycles. The number of piperidine rings is 2. The first-order chi connectivity index (χ1) is 17.1. The summed E-state index contributed by atoms with van der Waals surface area (Å²) in [4.78, 5) is 29.4. The lowest BCUT2D eigenvalue weighted by atomic mass is 9.64. The maximum atomic E-state index is 12.6. The summed E-state index contributed by atoms with van der Waals surface area (Å²) in [6.45, 7) is 20.0. The van der Waals surface area contributed by atoms with Crippen LogP contribution in [0.4, 0.5) is 0 Å². The first-order valence-electron chi connectivity index (χ1n) is 13.7. The fourth-order valence-electron chi connectivity index (χ4n) is 8.91. The molecule has 0 aromatic heterocycles. The van der Waals surface area contributed by atoms with E-state index in [0.29, 0.717) is 36.8 Å².